The first-order valence-corrected chi connectivity index (χ1v) is 8.53. The lowest BCUT2D eigenvalue weighted by Crippen LogP contribution is -2.63. The average Bonchev–Trinajstić information content (AvgIpc) is 2.73. The summed E-state index contributed by atoms with van der Waals surface area (Å²) in [4.78, 5) is 5.53. The van der Waals surface area contributed by atoms with Crippen molar-refractivity contribution in [3.05, 3.63) is 0 Å². The van der Waals surface area contributed by atoms with Crippen LogP contribution in [0.1, 0.15) is 57.8 Å². The van der Waals surface area contributed by atoms with Gasteiger partial charge in [-0.15, -0.1) is 0 Å². The van der Waals surface area contributed by atoms with E-state index in [-0.39, 0.29) is 0 Å². The summed E-state index contributed by atoms with van der Waals surface area (Å²) in [5.41, 5.74) is 6.60. The Morgan fingerprint density at radius 1 is 0.895 bits per heavy atom. The van der Waals surface area contributed by atoms with Gasteiger partial charge >= 0.3 is 0 Å². The van der Waals surface area contributed by atoms with E-state index in [2.05, 4.69) is 9.80 Å². The van der Waals surface area contributed by atoms with Crippen LogP contribution in [0.15, 0.2) is 0 Å². The molecule has 1 unspecified atom stereocenters. The van der Waals surface area contributed by atoms with Crippen molar-refractivity contribution in [1.29, 1.82) is 0 Å². The highest BCUT2D eigenvalue weighted by molar-refractivity contribution is 4.98. The maximum absolute atomic E-state index is 6.25. The average molecular weight is 265 g/mol. The zero-order chi connectivity index (χ0) is 13.1. The van der Waals surface area contributed by atoms with Gasteiger partial charge in [0.25, 0.3) is 0 Å². The molecule has 0 amide bonds. The van der Waals surface area contributed by atoms with Crippen LogP contribution >= 0.6 is 0 Å². The second kappa shape index (κ2) is 6.11. The van der Waals surface area contributed by atoms with E-state index in [1.165, 1.54) is 84.0 Å². The topological polar surface area (TPSA) is 32.5 Å². The highest BCUT2D eigenvalue weighted by Gasteiger charge is 2.40. The molecule has 3 heteroatoms. The third-order valence-corrected chi connectivity index (χ3v) is 5.92. The van der Waals surface area contributed by atoms with Gasteiger partial charge in [0.05, 0.1) is 0 Å². The summed E-state index contributed by atoms with van der Waals surface area (Å²) in [5.74, 6) is 0. The number of hydrogen-bond acceptors (Lipinski definition) is 3. The SMILES string of the molecule is NCC1(N2CCN3CCCCC3C2)CCCCCC1. The molecule has 0 bridgehead atoms. The van der Waals surface area contributed by atoms with E-state index in [4.69, 9.17) is 5.73 Å². The van der Waals surface area contributed by atoms with Crippen molar-refractivity contribution < 1.29 is 0 Å². The fraction of sp³-hybridized carbons (Fsp3) is 1.00. The van der Waals surface area contributed by atoms with Gasteiger partial charge in [0.2, 0.25) is 0 Å². The second-order valence-electron chi connectivity index (χ2n) is 6.97. The lowest BCUT2D eigenvalue weighted by molar-refractivity contribution is -0.0174. The van der Waals surface area contributed by atoms with Crippen molar-refractivity contribution in [3.8, 4) is 0 Å². The minimum atomic E-state index is 0.347. The molecule has 110 valence electrons. The van der Waals surface area contributed by atoms with E-state index in [0.29, 0.717) is 5.54 Å². The van der Waals surface area contributed by atoms with Crippen molar-refractivity contribution in [2.45, 2.75) is 69.4 Å². The number of rotatable bonds is 2. The molecule has 3 rings (SSSR count). The molecule has 3 nitrogen and oxygen atoms in total. The van der Waals surface area contributed by atoms with Crippen LogP contribution in [0.3, 0.4) is 0 Å². The minimum Gasteiger partial charge on any atom is -0.329 e. The molecule has 2 saturated heterocycles. The zero-order valence-corrected chi connectivity index (χ0v) is 12.4. The smallest absolute Gasteiger partial charge is 0.0332 e. The summed E-state index contributed by atoms with van der Waals surface area (Å²) >= 11 is 0. The molecule has 0 aromatic rings. The van der Waals surface area contributed by atoms with Crippen molar-refractivity contribution in [3.63, 3.8) is 0 Å². The van der Waals surface area contributed by atoms with Gasteiger partial charge in [0.15, 0.2) is 0 Å². The van der Waals surface area contributed by atoms with E-state index in [1.807, 2.05) is 0 Å². The number of hydrogen-bond donors (Lipinski definition) is 1. The maximum Gasteiger partial charge on any atom is 0.0332 e. The second-order valence-corrected chi connectivity index (χ2v) is 6.97. The first kappa shape index (κ1) is 13.8. The lowest BCUT2D eigenvalue weighted by Gasteiger charge is -2.51. The fourth-order valence-corrected chi connectivity index (χ4v) is 4.62. The third-order valence-electron chi connectivity index (χ3n) is 5.92. The van der Waals surface area contributed by atoms with Crippen molar-refractivity contribution >= 4 is 0 Å². The molecule has 0 aromatic carbocycles. The molecular weight excluding hydrogens is 234 g/mol. The first-order chi connectivity index (χ1) is 9.34. The van der Waals surface area contributed by atoms with E-state index in [9.17, 15) is 0 Å². The number of fused-ring (bicyclic) bond motifs is 1. The van der Waals surface area contributed by atoms with E-state index >= 15 is 0 Å². The summed E-state index contributed by atoms with van der Waals surface area (Å²) in [5, 5.41) is 0. The van der Waals surface area contributed by atoms with Gasteiger partial charge in [-0.05, 0) is 32.2 Å². The molecule has 2 heterocycles. The monoisotopic (exact) mass is 265 g/mol. The van der Waals surface area contributed by atoms with Gasteiger partial charge < -0.3 is 5.73 Å². The van der Waals surface area contributed by atoms with Gasteiger partial charge in [-0.1, -0.05) is 32.1 Å². The van der Waals surface area contributed by atoms with Crippen molar-refractivity contribution in [2.24, 2.45) is 5.73 Å². The van der Waals surface area contributed by atoms with Crippen LogP contribution in [-0.4, -0.2) is 54.1 Å². The van der Waals surface area contributed by atoms with E-state index < -0.39 is 0 Å². The summed E-state index contributed by atoms with van der Waals surface area (Å²) < 4.78 is 0. The van der Waals surface area contributed by atoms with Crippen molar-refractivity contribution in [2.75, 3.05) is 32.7 Å². The minimum absolute atomic E-state index is 0.347. The molecule has 3 aliphatic rings. The number of nitrogens with zero attached hydrogens (tertiary/aromatic N) is 2. The highest BCUT2D eigenvalue weighted by Crippen LogP contribution is 2.34. The Labute approximate surface area is 118 Å². The number of piperidine rings is 1. The first-order valence-electron chi connectivity index (χ1n) is 8.53. The predicted octanol–water partition coefficient (Wildman–Crippen LogP) is 2.21. The molecule has 0 aromatic heterocycles. The Hall–Kier alpha value is -0.120. The molecule has 2 N–H and O–H groups in total. The number of piperazine rings is 1. The van der Waals surface area contributed by atoms with Gasteiger partial charge in [-0.2, -0.15) is 0 Å². The van der Waals surface area contributed by atoms with Gasteiger partial charge in [-0.25, -0.2) is 0 Å². The summed E-state index contributed by atoms with van der Waals surface area (Å²) in [6, 6.07) is 0.828. The normalized spacial score (nSPS) is 33.6. The van der Waals surface area contributed by atoms with Crippen molar-refractivity contribution in [1.82, 2.24) is 9.80 Å². The molecular formula is C16H31N3. The predicted molar refractivity (Wildman–Crippen MR) is 80.3 cm³/mol. The molecule has 19 heavy (non-hydrogen) atoms. The molecule has 0 spiro atoms. The fourth-order valence-electron chi connectivity index (χ4n) is 4.62. The molecule has 3 fully saturated rings. The van der Waals surface area contributed by atoms with Gasteiger partial charge in [0, 0.05) is 37.8 Å². The van der Waals surface area contributed by atoms with Crippen LogP contribution in [0.25, 0.3) is 0 Å². The van der Waals surface area contributed by atoms with Gasteiger partial charge in [0.1, 0.15) is 0 Å². The van der Waals surface area contributed by atoms with Crippen LogP contribution in [0, 0.1) is 0 Å². The largest absolute Gasteiger partial charge is 0.329 e. The Balaban J connectivity index is 1.69. The zero-order valence-electron chi connectivity index (χ0n) is 12.4. The maximum atomic E-state index is 6.25. The Morgan fingerprint density at radius 3 is 2.42 bits per heavy atom. The lowest BCUT2D eigenvalue weighted by atomic mass is 9.86. The Kier molecular flexibility index (Phi) is 4.45. The standard InChI is InChI=1S/C16H31N3/c17-14-16(8-4-1-2-5-9-16)19-12-11-18-10-6-3-7-15(18)13-19/h15H,1-14,17H2. The van der Waals surface area contributed by atoms with Crippen LogP contribution in [0.5, 0.6) is 0 Å². The Morgan fingerprint density at radius 2 is 1.68 bits per heavy atom. The highest BCUT2D eigenvalue weighted by atomic mass is 15.3. The van der Waals surface area contributed by atoms with E-state index in [1.54, 1.807) is 0 Å². The van der Waals surface area contributed by atoms with Crippen LogP contribution in [0.4, 0.5) is 0 Å². The van der Waals surface area contributed by atoms with Crippen LogP contribution in [-0.2, 0) is 0 Å². The van der Waals surface area contributed by atoms with Crippen LogP contribution in [0.2, 0.25) is 0 Å². The van der Waals surface area contributed by atoms with Gasteiger partial charge in [-0.3, -0.25) is 9.80 Å². The molecule has 1 saturated carbocycles. The molecule has 2 aliphatic heterocycles. The molecule has 0 radical (unpaired) electrons. The summed E-state index contributed by atoms with van der Waals surface area (Å²) in [7, 11) is 0. The van der Waals surface area contributed by atoms with E-state index in [0.717, 1.165) is 12.6 Å². The summed E-state index contributed by atoms with van der Waals surface area (Å²) in [6.45, 7) is 6.05. The molecule has 1 atom stereocenters. The molecule has 1 aliphatic carbocycles. The number of nitrogens with two attached hydrogens (primary N) is 1. The quantitative estimate of drug-likeness (QED) is 0.777. The Bertz CT molecular complexity index is 284. The third kappa shape index (κ3) is 2.84. The van der Waals surface area contributed by atoms with Crippen LogP contribution < -0.4 is 5.73 Å². The summed E-state index contributed by atoms with van der Waals surface area (Å²) in [6.07, 6.45) is 12.6.